The zero-order valence-electron chi connectivity index (χ0n) is 14.2. The van der Waals surface area contributed by atoms with Crippen molar-refractivity contribution in [1.29, 1.82) is 0 Å². The molecule has 4 heteroatoms. The highest BCUT2D eigenvalue weighted by atomic mass is 16.3. The van der Waals surface area contributed by atoms with Gasteiger partial charge in [-0.3, -0.25) is 0 Å². The first kappa shape index (κ1) is 14.9. The molecule has 4 rings (SSSR count). The minimum atomic E-state index is 0.280. The van der Waals surface area contributed by atoms with Crippen LogP contribution in [0.4, 0.5) is 0 Å². The molecule has 4 heterocycles. The van der Waals surface area contributed by atoms with Crippen LogP contribution in [-0.2, 0) is 6.42 Å². The first-order valence-corrected chi connectivity index (χ1v) is 8.43. The van der Waals surface area contributed by atoms with Gasteiger partial charge in [-0.25, -0.2) is 9.97 Å². The zero-order chi connectivity index (χ0) is 16.7. The minimum absolute atomic E-state index is 0.280. The normalized spacial score (nSPS) is 13.2. The van der Waals surface area contributed by atoms with Crippen molar-refractivity contribution >= 4 is 22.1 Å². The lowest BCUT2D eigenvalue weighted by molar-refractivity contribution is 0.515. The fourth-order valence-electron chi connectivity index (χ4n) is 3.03. The van der Waals surface area contributed by atoms with Gasteiger partial charge in [0, 0.05) is 40.7 Å². The number of hydrogen-bond donors (Lipinski definition) is 1. The van der Waals surface area contributed by atoms with Crippen LogP contribution in [0.1, 0.15) is 49.8 Å². The van der Waals surface area contributed by atoms with Gasteiger partial charge in [0.1, 0.15) is 11.4 Å². The standard InChI is InChI=1S/C20H21N3O/c1-12(2)17-6-5-15-11-16(24-20(15)23-17)10-13(3)18-7-4-14-8-9-21-19(14)22-18/h4-9,11-13H,10H2,1-3H3,(H,21,22). The largest absolute Gasteiger partial charge is 0.443 e. The summed E-state index contributed by atoms with van der Waals surface area (Å²) in [5.74, 6) is 1.64. The van der Waals surface area contributed by atoms with E-state index in [2.05, 4.69) is 61.1 Å². The third-order valence-electron chi connectivity index (χ3n) is 4.49. The van der Waals surface area contributed by atoms with E-state index in [9.17, 15) is 0 Å². The summed E-state index contributed by atoms with van der Waals surface area (Å²) in [6, 6.07) is 12.5. The van der Waals surface area contributed by atoms with E-state index < -0.39 is 0 Å². The topological polar surface area (TPSA) is 54.7 Å². The molecular formula is C20H21N3O. The van der Waals surface area contributed by atoms with Crippen LogP contribution in [0.25, 0.3) is 22.1 Å². The second-order valence-electron chi connectivity index (χ2n) is 6.75. The van der Waals surface area contributed by atoms with Crippen LogP contribution in [0.15, 0.2) is 47.0 Å². The van der Waals surface area contributed by atoms with Crippen molar-refractivity contribution in [3.8, 4) is 0 Å². The molecule has 0 aliphatic carbocycles. The van der Waals surface area contributed by atoms with Crippen molar-refractivity contribution in [3.63, 3.8) is 0 Å². The SMILES string of the molecule is CC(C)c1ccc2cc(CC(C)c3ccc4cc[nH]c4n3)oc2n1. The van der Waals surface area contributed by atoms with Gasteiger partial charge in [-0.05, 0) is 42.3 Å². The van der Waals surface area contributed by atoms with Gasteiger partial charge in [0.05, 0.1) is 0 Å². The summed E-state index contributed by atoms with van der Waals surface area (Å²) in [6.45, 7) is 6.46. The van der Waals surface area contributed by atoms with Gasteiger partial charge in [-0.1, -0.05) is 20.8 Å². The molecule has 4 aromatic heterocycles. The first-order chi connectivity index (χ1) is 11.6. The number of nitrogens with one attached hydrogen (secondary N) is 1. The number of pyridine rings is 2. The minimum Gasteiger partial charge on any atom is -0.443 e. The summed E-state index contributed by atoms with van der Waals surface area (Å²) in [4.78, 5) is 12.5. The molecule has 1 N–H and O–H groups in total. The lowest BCUT2D eigenvalue weighted by atomic mass is 10.0. The number of furan rings is 1. The monoisotopic (exact) mass is 319 g/mol. The molecule has 0 bridgehead atoms. The predicted molar refractivity (Wildman–Crippen MR) is 96.3 cm³/mol. The van der Waals surface area contributed by atoms with Crippen LogP contribution < -0.4 is 0 Å². The van der Waals surface area contributed by atoms with E-state index >= 15 is 0 Å². The van der Waals surface area contributed by atoms with Crippen LogP contribution in [0.3, 0.4) is 0 Å². The van der Waals surface area contributed by atoms with Crippen LogP contribution >= 0.6 is 0 Å². The van der Waals surface area contributed by atoms with Crippen LogP contribution in [0, 0.1) is 0 Å². The lowest BCUT2D eigenvalue weighted by Crippen LogP contribution is -2.00. The number of fused-ring (bicyclic) bond motifs is 2. The molecule has 1 atom stereocenters. The maximum atomic E-state index is 5.98. The Morgan fingerprint density at radius 2 is 1.75 bits per heavy atom. The molecule has 0 amide bonds. The van der Waals surface area contributed by atoms with Crippen molar-refractivity contribution in [1.82, 2.24) is 15.0 Å². The molecular weight excluding hydrogens is 298 g/mol. The Morgan fingerprint density at radius 3 is 2.58 bits per heavy atom. The molecule has 0 aromatic carbocycles. The highest BCUT2D eigenvalue weighted by Gasteiger charge is 2.14. The third kappa shape index (κ3) is 2.68. The van der Waals surface area contributed by atoms with Crippen LogP contribution in [0.5, 0.6) is 0 Å². The number of nitrogens with zero attached hydrogens (tertiary/aromatic N) is 2. The number of rotatable bonds is 4. The van der Waals surface area contributed by atoms with E-state index in [1.54, 1.807) is 0 Å². The summed E-state index contributed by atoms with van der Waals surface area (Å²) in [5, 5.41) is 2.20. The van der Waals surface area contributed by atoms with Crippen molar-refractivity contribution < 1.29 is 4.42 Å². The van der Waals surface area contributed by atoms with E-state index in [0.717, 1.165) is 45.7 Å². The van der Waals surface area contributed by atoms with Crippen molar-refractivity contribution in [3.05, 3.63) is 59.7 Å². The van der Waals surface area contributed by atoms with E-state index in [-0.39, 0.29) is 5.92 Å². The van der Waals surface area contributed by atoms with Crippen LogP contribution in [0.2, 0.25) is 0 Å². The fraction of sp³-hybridized carbons (Fsp3) is 0.300. The fourth-order valence-corrected chi connectivity index (χ4v) is 3.03. The maximum Gasteiger partial charge on any atom is 0.226 e. The van der Waals surface area contributed by atoms with Crippen molar-refractivity contribution in [2.24, 2.45) is 0 Å². The highest BCUT2D eigenvalue weighted by molar-refractivity contribution is 5.75. The quantitative estimate of drug-likeness (QED) is 0.564. The summed E-state index contributed by atoms with van der Waals surface area (Å²) >= 11 is 0. The van der Waals surface area contributed by atoms with E-state index in [4.69, 9.17) is 9.40 Å². The number of aromatic nitrogens is 3. The number of H-pyrrole nitrogens is 1. The molecule has 0 aliphatic rings. The molecule has 0 fully saturated rings. The lowest BCUT2D eigenvalue weighted by Gasteiger charge is -2.09. The zero-order valence-corrected chi connectivity index (χ0v) is 14.2. The second kappa shape index (κ2) is 5.78. The van der Waals surface area contributed by atoms with Gasteiger partial charge in [-0.15, -0.1) is 0 Å². The van der Waals surface area contributed by atoms with Gasteiger partial charge < -0.3 is 9.40 Å². The highest BCUT2D eigenvalue weighted by Crippen LogP contribution is 2.26. The average molecular weight is 319 g/mol. The molecule has 0 saturated heterocycles. The third-order valence-corrected chi connectivity index (χ3v) is 4.49. The van der Waals surface area contributed by atoms with Crippen molar-refractivity contribution in [2.45, 2.75) is 39.0 Å². The molecule has 4 aromatic rings. The van der Waals surface area contributed by atoms with E-state index in [0.29, 0.717) is 5.92 Å². The molecule has 1 unspecified atom stereocenters. The summed E-state index contributed by atoms with van der Waals surface area (Å²) < 4.78 is 5.98. The van der Waals surface area contributed by atoms with Gasteiger partial charge in [0.15, 0.2) is 0 Å². The summed E-state index contributed by atoms with van der Waals surface area (Å²) in [6.07, 6.45) is 2.73. The molecule has 0 aliphatic heterocycles. The average Bonchev–Trinajstić information content (AvgIpc) is 3.18. The number of hydrogen-bond acceptors (Lipinski definition) is 3. The Bertz CT molecular complexity index is 996. The van der Waals surface area contributed by atoms with Gasteiger partial charge in [0.25, 0.3) is 0 Å². The maximum absolute atomic E-state index is 5.98. The molecule has 0 saturated carbocycles. The van der Waals surface area contributed by atoms with Gasteiger partial charge in [-0.2, -0.15) is 0 Å². The van der Waals surface area contributed by atoms with E-state index in [1.807, 2.05) is 12.3 Å². The Labute approximate surface area is 140 Å². The Balaban J connectivity index is 1.60. The summed E-state index contributed by atoms with van der Waals surface area (Å²) in [7, 11) is 0. The Hall–Kier alpha value is -2.62. The van der Waals surface area contributed by atoms with Gasteiger partial charge in [0.2, 0.25) is 5.71 Å². The summed E-state index contributed by atoms with van der Waals surface area (Å²) in [5.41, 5.74) is 3.81. The number of aromatic amines is 1. The van der Waals surface area contributed by atoms with Gasteiger partial charge >= 0.3 is 0 Å². The Kier molecular flexibility index (Phi) is 3.60. The molecule has 0 spiro atoms. The molecule has 122 valence electrons. The molecule has 4 nitrogen and oxygen atoms in total. The first-order valence-electron chi connectivity index (χ1n) is 8.43. The second-order valence-corrected chi connectivity index (χ2v) is 6.75. The van der Waals surface area contributed by atoms with Crippen molar-refractivity contribution in [2.75, 3.05) is 0 Å². The predicted octanol–water partition coefficient (Wildman–Crippen LogP) is 5.17. The smallest absolute Gasteiger partial charge is 0.226 e. The Morgan fingerprint density at radius 1 is 0.958 bits per heavy atom. The molecule has 0 radical (unpaired) electrons. The van der Waals surface area contributed by atoms with E-state index in [1.165, 1.54) is 0 Å². The molecule has 24 heavy (non-hydrogen) atoms. The van der Waals surface area contributed by atoms with Crippen LogP contribution in [-0.4, -0.2) is 15.0 Å².